The molecular formula is C14H14F3N3O2. The third-order valence-electron chi connectivity index (χ3n) is 2.94. The molecule has 0 saturated heterocycles. The lowest BCUT2D eigenvalue weighted by molar-refractivity contribution is -0.138. The fourth-order valence-corrected chi connectivity index (χ4v) is 1.89. The first-order chi connectivity index (χ1) is 10.3. The predicted molar refractivity (Wildman–Crippen MR) is 73.2 cm³/mol. The number of nitrogens with one attached hydrogen (secondary N) is 1. The standard InChI is InChI=1S/C14H14F3N3O2/c1-9-7-12(19-22-9)18-13(21)20(2)8-10-5-3-4-6-11(10)14(15,16)17/h3-7H,8H2,1-2H3,(H,18,19,21). The molecule has 0 spiro atoms. The van der Waals surface area contributed by atoms with Gasteiger partial charge >= 0.3 is 12.2 Å². The summed E-state index contributed by atoms with van der Waals surface area (Å²) in [5.41, 5.74) is -0.740. The van der Waals surface area contributed by atoms with E-state index in [1.165, 1.54) is 31.3 Å². The van der Waals surface area contributed by atoms with Crippen LogP contribution in [0.1, 0.15) is 16.9 Å². The molecule has 118 valence electrons. The number of hydrogen-bond acceptors (Lipinski definition) is 3. The highest BCUT2D eigenvalue weighted by Gasteiger charge is 2.33. The molecule has 8 heteroatoms. The summed E-state index contributed by atoms with van der Waals surface area (Å²) in [5, 5.41) is 6.03. The number of benzene rings is 1. The topological polar surface area (TPSA) is 58.4 Å². The van der Waals surface area contributed by atoms with Gasteiger partial charge in [-0.3, -0.25) is 5.32 Å². The number of amides is 2. The Morgan fingerprint density at radius 1 is 1.36 bits per heavy atom. The van der Waals surface area contributed by atoms with Gasteiger partial charge in [-0.25, -0.2) is 4.79 Å². The smallest absolute Gasteiger partial charge is 0.360 e. The lowest BCUT2D eigenvalue weighted by Crippen LogP contribution is -2.31. The van der Waals surface area contributed by atoms with Crippen LogP contribution in [0.15, 0.2) is 34.9 Å². The van der Waals surface area contributed by atoms with Crippen molar-refractivity contribution in [2.45, 2.75) is 19.6 Å². The van der Waals surface area contributed by atoms with Crippen molar-refractivity contribution >= 4 is 11.8 Å². The van der Waals surface area contributed by atoms with E-state index in [2.05, 4.69) is 10.5 Å². The second-order valence-corrected chi connectivity index (χ2v) is 4.76. The highest BCUT2D eigenvalue weighted by molar-refractivity contribution is 5.88. The number of carbonyl (C=O) groups excluding carboxylic acids is 1. The largest absolute Gasteiger partial charge is 0.416 e. The first kappa shape index (κ1) is 15.9. The molecule has 0 aliphatic heterocycles. The third-order valence-corrected chi connectivity index (χ3v) is 2.94. The van der Waals surface area contributed by atoms with Crippen LogP contribution in [0.4, 0.5) is 23.8 Å². The fraction of sp³-hybridized carbons (Fsp3) is 0.286. The minimum Gasteiger partial charge on any atom is -0.360 e. The van der Waals surface area contributed by atoms with Gasteiger partial charge in [0.1, 0.15) is 5.76 Å². The number of aromatic nitrogens is 1. The van der Waals surface area contributed by atoms with E-state index in [4.69, 9.17) is 4.52 Å². The number of nitrogens with zero attached hydrogens (tertiary/aromatic N) is 2. The molecule has 0 unspecified atom stereocenters. The molecule has 0 atom stereocenters. The highest BCUT2D eigenvalue weighted by atomic mass is 19.4. The third kappa shape index (κ3) is 3.78. The number of alkyl halides is 3. The summed E-state index contributed by atoms with van der Waals surface area (Å²) in [6.07, 6.45) is -4.46. The minimum atomic E-state index is -4.46. The molecule has 0 fully saturated rings. The van der Waals surface area contributed by atoms with Crippen LogP contribution in [0.2, 0.25) is 0 Å². The van der Waals surface area contributed by atoms with Crippen molar-refractivity contribution in [3.05, 3.63) is 47.2 Å². The average Bonchev–Trinajstić information content (AvgIpc) is 2.83. The monoisotopic (exact) mass is 313 g/mol. The maximum absolute atomic E-state index is 12.9. The van der Waals surface area contributed by atoms with E-state index >= 15 is 0 Å². The van der Waals surface area contributed by atoms with E-state index in [1.807, 2.05) is 0 Å². The summed E-state index contributed by atoms with van der Waals surface area (Å²) >= 11 is 0. The maximum Gasteiger partial charge on any atom is 0.416 e. The highest BCUT2D eigenvalue weighted by Crippen LogP contribution is 2.32. The Labute approximate surface area is 124 Å². The first-order valence-electron chi connectivity index (χ1n) is 6.38. The van der Waals surface area contributed by atoms with Crippen molar-refractivity contribution in [1.82, 2.24) is 10.1 Å². The molecule has 2 rings (SSSR count). The molecule has 2 aromatic rings. The van der Waals surface area contributed by atoms with Crippen molar-refractivity contribution in [3.8, 4) is 0 Å². The van der Waals surface area contributed by atoms with Crippen molar-refractivity contribution < 1.29 is 22.5 Å². The molecule has 2 amide bonds. The van der Waals surface area contributed by atoms with Gasteiger partial charge in [-0.1, -0.05) is 23.4 Å². The average molecular weight is 313 g/mol. The number of anilines is 1. The van der Waals surface area contributed by atoms with Gasteiger partial charge in [-0.2, -0.15) is 13.2 Å². The van der Waals surface area contributed by atoms with Gasteiger partial charge in [0.15, 0.2) is 5.82 Å². The van der Waals surface area contributed by atoms with Gasteiger partial charge in [0.05, 0.1) is 5.56 Å². The van der Waals surface area contributed by atoms with E-state index in [1.54, 1.807) is 6.92 Å². The lowest BCUT2D eigenvalue weighted by atomic mass is 10.1. The van der Waals surface area contributed by atoms with Crippen molar-refractivity contribution in [3.63, 3.8) is 0 Å². The second-order valence-electron chi connectivity index (χ2n) is 4.76. The number of hydrogen-bond donors (Lipinski definition) is 1. The maximum atomic E-state index is 12.9. The lowest BCUT2D eigenvalue weighted by Gasteiger charge is -2.20. The van der Waals surface area contributed by atoms with Gasteiger partial charge in [0.25, 0.3) is 0 Å². The summed E-state index contributed by atoms with van der Waals surface area (Å²) in [7, 11) is 1.40. The van der Waals surface area contributed by atoms with Crippen molar-refractivity contribution in [2.75, 3.05) is 12.4 Å². The van der Waals surface area contributed by atoms with E-state index in [0.717, 1.165) is 11.0 Å². The summed E-state index contributed by atoms with van der Waals surface area (Å²) in [4.78, 5) is 13.1. The first-order valence-corrected chi connectivity index (χ1v) is 6.38. The van der Waals surface area contributed by atoms with Crippen LogP contribution in [0.25, 0.3) is 0 Å². The molecule has 0 aliphatic rings. The number of carbonyl (C=O) groups is 1. The van der Waals surface area contributed by atoms with Gasteiger partial charge in [0, 0.05) is 19.7 Å². The Hall–Kier alpha value is -2.51. The summed E-state index contributed by atoms with van der Waals surface area (Å²) in [6.45, 7) is 1.48. The van der Waals surface area contributed by atoms with Crippen LogP contribution in [0.5, 0.6) is 0 Å². The molecule has 0 radical (unpaired) electrons. The van der Waals surface area contributed by atoms with Gasteiger partial charge in [0.2, 0.25) is 0 Å². The van der Waals surface area contributed by atoms with Crippen molar-refractivity contribution in [2.24, 2.45) is 0 Å². The van der Waals surface area contributed by atoms with Gasteiger partial charge in [-0.15, -0.1) is 0 Å². The van der Waals surface area contributed by atoms with Crippen LogP contribution < -0.4 is 5.32 Å². The van der Waals surface area contributed by atoms with E-state index < -0.39 is 17.8 Å². The molecule has 1 N–H and O–H groups in total. The second kappa shape index (κ2) is 6.08. The number of aryl methyl sites for hydroxylation is 1. The molecule has 1 aromatic carbocycles. The van der Waals surface area contributed by atoms with E-state index in [0.29, 0.717) is 5.76 Å². The Morgan fingerprint density at radius 2 is 2.05 bits per heavy atom. The van der Waals surface area contributed by atoms with Crippen LogP contribution in [0.3, 0.4) is 0 Å². The van der Waals surface area contributed by atoms with E-state index in [-0.39, 0.29) is 17.9 Å². The molecule has 1 aromatic heterocycles. The molecular weight excluding hydrogens is 299 g/mol. The zero-order valence-corrected chi connectivity index (χ0v) is 11.9. The Morgan fingerprint density at radius 3 is 2.64 bits per heavy atom. The molecule has 0 saturated carbocycles. The SMILES string of the molecule is Cc1cc(NC(=O)N(C)Cc2ccccc2C(F)(F)F)no1. The minimum absolute atomic E-state index is 0.0176. The van der Waals surface area contributed by atoms with Crippen LogP contribution >= 0.6 is 0 Å². The molecule has 0 bridgehead atoms. The predicted octanol–water partition coefficient (Wildman–Crippen LogP) is 3.67. The molecule has 22 heavy (non-hydrogen) atoms. The van der Waals surface area contributed by atoms with Crippen LogP contribution in [-0.2, 0) is 12.7 Å². The quantitative estimate of drug-likeness (QED) is 0.940. The number of rotatable bonds is 3. The summed E-state index contributed by atoms with van der Waals surface area (Å²) in [6, 6.07) is 6.07. The Bertz CT molecular complexity index is 667. The molecule has 0 aliphatic carbocycles. The summed E-state index contributed by atoms with van der Waals surface area (Å²) < 4.78 is 43.5. The van der Waals surface area contributed by atoms with Gasteiger partial charge < -0.3 is 9.42 Å². The Kier molecular flexibility index (Phi) is 4.39. The van der Waals surface area contributed by atoms with Crippen molar-refractivity contribution in [1.29, 1.82) is 0 Å². The van der Waals surface area contributed by atoms with Crippen LogP contribution in [0, 0.1) is 6.92 Å². The molecule has 5 nitrogen and oxygen atoms in total. The van der Waals surface area contributed by atoms with Gasteiger partial charge in [-0.05, 0) is 18.6 Å². The number of urea groups is 1. The molecule has 1 heterocycles. The van der Waals surface area contributed by atoms with E-state index in [9.17, 15) is 18.0 Å². The normalized spacial score (nSPS) is 11.3. The zero-order chi connectivity index (χ0) is 16.3. The zero-order valence-electron chi connectivity index (χ0n) is 11.9. The van der Waals surface area contributed by atoms with Crippen LogP contribution in [-0.4, -0.2) is 23.1 Å². The Balaban J connectivity index is 2.09. The summed E-state index contributed by atoms with van der Waals surface area (Å²) in [5.74, 6) is 0.721. The number of halogens is 3. The fourth-order valence-electron chi connectivity index (χ4n) is 1.89.